The van der Waals surface area contributed by atoms with Crippen LogP contribution in [0.5, 0.6) is 5.75 Å². The van der Waals surface area contributed by atoms with Crippen LogP contribution < -0.4 is 4.52 Å². The van der Waals surface area contributed by atoms with E-state index in [2.05, 4.69) is 30.2 Å². The topological polar surface area (TPSA) is 44.8 Å². The Kier molecular flexibility index (Phi) is 5.99. The Morgan fingerprint density at radius 3 is 2.66 bits per heavy atom. The van der Waals surface area contributed by atoms with Crippen molar-refractivity contribution in [2.45, 2.75) is 61.9 Å². The third-order valence-electron chi connectivity index (χ3n) is 7.36. The lowest BCUT2D eigenvalue weighted by molar-refractivity contribution is -0.199. The van der Waals surface area contributed by atoms with Crippen LogP contribution in [0.15, 0.2) is 18.2 Å². The molecule has 0 aromatic heterocycles. The molecule has 3 aliphatic carbocycles. The van der Waals surface area contributed by atoms with Crippen LogP contribution in [0.25, 0.3) is 0 Å². The van der Waals surface area contributed by atoms with E-state index in [1.54, 1.807) is 12.1 Å². The van der Waals surface area contributed by atoms with Crippen LogP contribution in [-0.4, -0.2) is 34.7 Å². The van der Waals surface area contributed by atoms with Crippen molar-refractivity contribution < 1.29 is 18.6 Å². The summed E-state index contributed by atoms with van der Waals surface area (Å²) in [6.45, 7) is 6.82. The Balaban J connectivity index is 1.52. The SMILES string of the molecule is CC1(C)[C@@H]2C[C@H]3OB([C@H](Cl)Cc4cccc(C(=O)C(Cl)Cl)c4OP)O[C@@]3(C)[C@H]1C2. The first-order valence-electron chi connectivity index (χ1n) is 9.88. The first-order chi connectivity index (χ1) is 13.6. The van der Waals surface area contributed by atoms with Crippen LogP contribution >= 0.6 is 44.3 Å². The van der Waals surface area contributed by atoms with Crippen molar-refractivity contribution in [3.63, 3.8) is 0 Å². The second kappa shape index (κ2) is 7.83. The molecule has 1 saturated heterocycles. The second-order valence-electron chi connectivity index (χ2n) is 9.13. The van der Waals surface area contributed by atoms with Crippen molar-refractivity contribution in [3.05, 3.63) is 29.3 Å². The third kappa shape index (κ3) is 3.54. The molecule has 4 nitrogen and oxygen atoms in total. The van der Waals surface area contributed by atoms with Crippen molar-refractivity contribution in [2.24, 2.45) is 17.3 Å². The molecule has 1 aromatic carbocycles. The minimum atomic E-state index is -1.16. The van der Waals surface area contributed by atoms with Gasteiger partial charge in [-0.25, -0.2) is 0 Å². The average molecular weight is 478 g/mol. The van der Waals surface area contributed by atoms with Gasteiger partial charge in [-0.3, -0.25) is 4.79 Å². The maximum Gasteiger partial charge on any atom is 0.477 e. The molecule has 2 bridgehead atoms. The number of halogens is 3. The van der Waals surface area contributed by atoms with E-state index in [0.717, 1.165) is 12.0 Å². The van der Waals surface area contributed by atoms with Gasteiger partial charge in [-0.15, -0.1) is 11.6 Å². The van der Waals surface area contributed by atoms with Gasteiger partial charge < -0.3 is 13.8 Å². The molecule has 9 heteroatoms. The van der Waals surface area contributed by atoms with Gasteiger partial charge in [0.25, 0.3) is 0 Å². The number of rotatable bonds is 6. The molecule has 158 valence electrons. The van der Waals surface area contributed by atoms with Crippen molar-refractivity contribution in [1.29, 1.82) is 0 Å². The first kappa shape index (κ1) is 22.2. The summed E-state index contributed by atoms with van der Waals surface area (Å²) in [5, 5.41) is -0.426. The van der Waals surface area contributed by atoms with Crippen LogP contribution in [-0.2, 0) is 15.7 Å². The molecule has 5 rings (SSSR count). The first-order valence-corrected chi connectivity index (χ1v) is 11.7. The quantitative estimate of drug-likeness (QED) is 0.243. The molecule has 1 unspecified atom stereocenters. The number of carbonyl (C=O) groups is 1. The zero-order chi connectivity index (χ0) is 21.1. The van der Waals surface area contributed by atoms with Gasteiger partial charge in [0.1, 0.15) is 5.75 Å². The van der Waals surface area contributed by atoms with Gasteiger partial charge in [0.15, 0.2) is 10.6 Å². The predicted octanol–water partition coefficient (Wildman–Crippen LogP) is 5.26. The summed E-state index contributed by atoms with van der Waals surface area (Å²) in [6, 6.07) is 5.27. The highest BCUT2D eigenvalue weighted by molar-refractivity contribution is 7.10. The number of benzene rings is 1. The van der Waals surface area contributed by atoms with E-state index in [-0.39, 0.29) is 17.1 Å². The van der Waals surface area contributed by atoms with Gasteiger partial charge in [0.05, 0.1) is 32.0 Å². The highest BCUT2D eigenvalue weighted by Gasteiger charge is 2.68. The summed E-state index contributed by atoms with van der Waals surface area (Å²) >= 11 is 18.3. The van der Waals surface area contributed by atoms with E-state index in [1.165, 1.54) is 6.42 Å². The van der Waals surface area contributed by atoms with Gasteiger partial charge in [-0.1, -0.05) is 49.2 Å². The number of Topliss-reactive ketones (excluding diaryl/α,β-unsaturated/α-hetero) is 1. The highest BCUT2D eigenvalue weighted by Crippen LogP contribution is 2.65. The number of hydrogen-bond donors (Lipinski definition) is 0. The molecule has 29 heavy (non-hydrogen) atoms. The molecule has 0 amide bonds. The highest BCUT2D eigenvalue weighted by atomic mass is 35.5. The molecule has 0 spiro atoms. The molecule has 6 atom stereocenters. The minimum Gasteiger partial charge on any atom is -0.479 e. The molecular weight excluding hydrogens is 452 g/mol. The second-order valence-corrected chi connectivity index (χ2v) is 11.0. The number of carbonyl (C=O) groups excluding carboxylic acids is 1. The Morgan fingerprint density at radius 1 is 1.31 bits per heavy atom. The molecule has 0 N–H and O–H groups in total. The van der Waals surface area contributed by atoms with Gasteiger partial charge in [-0.05, 0) is 55.1 Å². The standard InChI is InChI=1S/C20H25BCl3O4P/c1-19(2)11-8-13(19)20(3)14(9-11)26-21(28-20)15(22)7-10-5-4-6-12(17(10)27-29)16(25)18(23)24/h4-6,11,13-15,18H,7-9,29H2,1-3H3/t11-,13-,14+,15+,20-/m0/s1. The van der Waals surface area contributed by atoms with Crippen molar-refractivity contribution in [1.82, 2.24) is 0 Å². The van der Waals surface area contributed by atoms with Crippen LogP contribution in [0.1, 0.15) is 49.5 Å². The number of hydrogen-bond acceptors (Lipinski definition) is 4. The zero-order valence-corrected chi connectivity index (χ0v) is 20.1. The summed E-state index contributed by atoms with van der Waals surface area (Å²) in [5.74, 6) is 1.15. The van der Waals surface area contributed by atoms with Crippen LogP contribution in [0, 0.1) is 17.3 Å². The molecule has 4 fully saturated rings. The smallest absolute Gasteiger partial charge is 0.477 e. The van der Waals surface area contributed by atoms with Crippen molar-refractivity contribution >= 4 is 57.2 Å². The fourth-order valence-corrected chi connectivity index (χ4v) is 6.35. The maximum absolute atomic E-state index is 12.3. The number of para-hydroxylation sites is 1. The molecule has 3 saturated carbocycles. The Labute approximate surface area is 189 Å². The van der Waals surface area contributed by atoms with Crippen LogP contribution in [0.3, 0.4) is 0 Å². The van der Waals surface area contributed by atoms with Crippen molar-refractivity contribution in [2.75, 3.05) is 0 Å². The fourth-order valence-electron chi connectivity index (χ4n) is 5.56. The predicted molar refractivity (Wildman–Crippen MR) is 120 cm³/mol. The molecule has 1 heterocycles. The van der Waals surface area contributed by atoms with Crippen LogP contribution in [0.2, 0.25) is 0 Å². The Hall–Kier alpha value is -0.0251. The van der Waals surface area contributed by atoms with Gasteiger partial charge >= 0.3 is 7.12 Å². The van der Waals surface area contributed by atoms with Crippen molar-refractivity contribution in [3.8, 4) is 5.75 Å². The molecular formula is C20H25BCl3O4P. The van der Waals surface area contributed by atoms with E-state index in [4.69, 9.17) is 48.6 Å². The number of ketones is 1. The summed E-state index contributed by atoms with van der Waals surface area (Å²) in [5.41, 5.74) is 1.07. The maximum atomic E-state index is 12.3. The molecule has 1 aromatic rings. The Morgan fingerprint density at radius 2 is 2.03 bits per heavy atom. The molecule has 1 aliphatic heterocycles. The van der Waals surface area contributed by atoms with E-state index in [9.17, 15) is 4.79 Å². The Bertz CT molecular complexity index is 823. The van der Waals surface area contributed by atoms with E-state index in [1.807, 2.05) is 6.07 Å². The summed E-state index contributed by atoms with van der Waals surface area (Å²) in [7, 11) is 1.67. The average Bonchev–Trinajstić information content (AvgIpc) is 3.04. The van der Waals surface area contributed by atoms with Gasteiger partial charge in [-0.2, -0.15) is 0 Å². The third-order valence-corrected chi connectivity index (χ3v) is 8.35. The fraction of sp³-hybridized carbons (Fsp3) is 0.650. The summed E-state index contributed by atoms with van der Waals surface area (Å²) in [4.78, 5) is 11.1. The summed E-state index contributed by atoms with van der Waals surface area (Å²) in [6.07, 6.45) is 2.70. The number of alkyl halides is 3. The monoisotopic (exact) mass is 476 g/mol. The largest absolute Gasteiger partial charge is 0.479 e. The molecule has 4 aliphatic rings. The van der Waals surface area contributed by atoms with Gasteiger partial charge in [0, 0.05) is 0 Å². The minimum absolute atomic E-state index is 0.0733. The lowest BCUT2D eigenvalue weighted by atomic mass is 9.43. The van der Waals surface area contributed by atoms with Gasteiger partial charge in [0.2, 0.25) is 0 Å². The van der Waals surface area contributed by atoms with E-state index in [0.29, 0.717) is 29.6 Å². The summed E-state index contributed by atoms with van der Waals surface area (Å²) < 4.78 is 18.1. The lowest BCUT2D eigenvalue weighted by Crippen LogP contribution is -2.65. The lowest BCUT2D eigenvalue weighted by Gasteiger charge is -2.64. The normalized spacial score (nSPS) is 33.2. The van der Waals surface area contributed by atoms with E-state index < -0.39 is 23.0 Å². The van der Waals surface area contributed by atoms with E-state index >= 15 is 0 Å². The molecule has 0 radical (unpaired) electrons. The zero-order valence-electron chi connectivity index (χ0n) is 16.7. The van der Waals surface area contributed by atoms with Crippen LogP contribution in [0.4, 0.5) is 0 Å².